The fourth-order valence-electron chi connectivity index (χ4n) is 3.78. The zero-order chi connectivity index (χ0) is 21.6. The van der Waals surface area contributed by atoms with E-state index in [-0.39, 0.29) is 23.7 Å². The van der Waals surface area contributed by atoms with E-state index in [2.05, 4.69) is 20.2 Å². The number of rotatable bonds is 6. The number of aromatic nitrogens is 3. The summed E-state index contributed by atoms with van der Waals surface area (Å²) in [7, 11) is 1.57. The molecule has 1 aliphatic carbocycles. The first-order valence-corrected chi connectivity index (χ1v) is 9.98. The van der Waals surface area contributed by atoms with Crippen LogP contribution in [0.4, 0.5) is 4.39 Å². The van der Waals surface area contributed by atoms with Crippen molar-refractivity contribution >= 4 is 11.9 Å². The molecule has 3 N–H and O–H groups in total. The predicted molar refractivity (Wildman–Crippen MR) is 112 cm³/mol. The van der Waals surface area contributed by atoms with E-state index in [0.29, 0.717) is 22.6 Å². The van der Waals surface area contributed by atoms with E-state index in [9.17, 15) is 9.18 Å². The fraction of sp³-hybridized carbons (Fsp3) is 0.273. The first-order chi connectivity index (χ1) is 15.0. The molecule has 0 bridgehead atoms. The van der Waals surface area contributed by atoms with E-state index in [4.69, 9.17) is 10.5 Å². The monoisotopic (exact) mass is 420 g/mol. The number of benzene rings is 1. The van der Waals surface area contributed by atoms with Crippen molar-refractivity contribution in [1.82, 2.24) is 20.1 Å². The molecule has 1 amide bonds. The number of H-pyrrole nitrogens is 1. The Hall–Kier alpha value is -3.75. The summed E-state index contributed by atoms with van der Waals surface area (Å²) in [5, 5.41) is 7.07. The highest BCUT2D eigenvalue weighted by atomic mass is 19.1. The van der Waals surface area contributed by atoms with Crippen molar-refractivity contribution in [1.29, 1.82) is 0 Å². The summed E-state index contributed by atoms with van der Waals surface area (Å²) in [4.78, 5) is 23.5. The van der Waals surface area contributed by atoms with Crippen LogP contribution in [0.25, 0.3) is 11.3 Å². The highest BCUT2D eigenvalue weighted by molar-refractivity contribution is 6.09. The molecule has 1 aromatic carbocycles. The van der Waals surface area contributed by atoms with Crippen molar-refractivity contribution in [2.75, 3.05) is 7.05 Å². The number of hydrogen-bond donors (Lipinski definition) is 2. The number of carbonyl (C=O) groups is 1. The number of pyridine rings is 1. The van der Waals surface area contributed by atoms with Crippen LogP contribution >= 0.6 is 0 Å². The van der Waals surface area contributed by atoms with Gasteiger partial charge in [-0.15, -0.1) is 0 Å². The van der Waals surface area contributed by atoms with Crippen LogP contribution < -0.4 is 10.5 Å². The second-order valence-electron chi connectivity index (χ2n) is 7.74. The third kappa shape index (κ3) is 3.22. The highest BCUT2D eigenvalue weighted by Gasteiger charge is 2.50. The summed E-state index contributed by atoms with van der Waals surface area (Å²) in [5.74, 6) is 0.365. The van der Waals surface area contributed by atoms with Gasteiger partial charge in [0.15, 0.2) is 11.5 Å². The lowest BCUT2D eigenvalue weighted by Crippen LogP contribution is -2.41. The summed E-state index contributed by atoms with van der Waals surface area (Å²) in [6.45, 7) is -0.753. The van der Waals surface area contributed by atoms with Crippen LogP contribution in [0.5, 0.6) is 5.75 Å². The molecule has 31 heavy (non-hydrogen) atoms. The van der Waals surface area contributed by atoms with Crippen molar-refractivity contribution in [2.24, 2.45) is 10.7 Å². The largest absolute Gasteiger partial charge is 0.490 e. The number of halogens is 1. The van der Waals surface area contributed by atoms with Gasteiger partial charge < -0.3 is 10.5 Å². The number of nitrogens with zero attached hydrogens (tertiary/aromatic N) is 4. The summed E-state index contributed by atoms with van der Waals surface area (Å²) >= 11 is 0. The molecule has 0 saturated heterocycles. The maximum Gasteiger partial charge on any atom is 0.266 e. The van der Waals surface area contributed by atoms with Crippen LogP contribution in [-0.2, 0) is 17.0 Å². The van der Waals surface area contributed by atoms with Crippen LogP contribution in [0.15, 0.2) is 53.8 Å². The van der Waals surface area contributed by atoms with E-state index in [1.165, 1.54) is 11.1 Å². The normalized spacial score (nSPS) is 20.8. The number of ether oxygens (including phenoxy) is 1. The Morgan fingerprint density at radius 3 is 2.74 bits per heavy atom. The minimum Gasteiger partial charge on any atom is -0.490 e. The average molecular weight is 420 g/mol. The van der Waals surface area contributed by atoms with Gasteiger partial charge in [-0.2, -0.15) is 5.10 Å². The molecule has 2 aliphatic rings. The van der Waals surface area contributed by atoms with E-state index in [0.717, 1.165) is 18.4 Å². The quantitative estimate of drug-likeness (QED) is 0.637. The molecule has 1 atom stereocenters. The summed E-state index contributed by atoms with van der Waals surface area (Å²) in [6, 6.07) is 10.6. The minimum absolute atomic E-state index is 0.0819. The molecule has 5 rings (SSSR count). The van der Waals surface area contributed by atoms with E-state index in [1.807, 2.05) is 18.2 Å². The molecule has 0 spiro atoms. The van der Waals surface area contributed by atoms with Crippen molar-refractivity contribution < 1.29 is 13.9 Å². The van der Waals surface area contributed by atoms with Gasteiger partial charge in [0.05, 0.1) is 17.5 Å². The maximum absolute atomic E-state index is 13.5. The smallest absolute Gasteiger partial charge is 0.266 e. The van der Waals surface area contributed by atoms with Crippen molar-refractivity contribution in [3.8, 4) is 17.0 Å². The number of nitrogens with two attached hydrogens (primary N) is 1. The third-order valence-corrected chi connectivity index (χ3v) is 5.56. The van der Waals surface area contributed by atoms with E-state index >= 15 is 0 Å². The lowest BCUT2D eigenvalue weighted by atomic mass is 9.82. The molecular formula is C22H21FN6O2. The number of hydrogen-bond acceptors (Lipinski definition) is 6. The van der Waals surface area contributed by atoms with E-state index in [1.54, 1.807) is 31.4 Å². The molecule has 1 fully saturated rings. The van der Waals surface area contributed by atoms with Gasteiger partial charge in [0.2, 0.25) is 0 Å². The lowest BCUT2D eigenvalue weighted by Gasteiger charge is -2.27. The van der Waals surface area contributed by atoms with Gasteiger partial charge in [0, 0.05) is 25.0 Å². The van der Waals surface area contributed by atoms with Crippen LogP contribution in [0.2, 0.25) is 0 Å². The molecule has 158 valence electrons. The Balaban J connectivity index is 1.75. The summed E-state index contributed by atoms with van der Waals surface area (Å²) in [5.41, 5.74) is 7.34. The molecule has 0 radical (unpaired) electrons. The molecular weight excluding hydrogens is 399 g/mol. The molecule has 1 saturated carbocycles. The predicted octanol–water partition coefficient (Wildman–Crippen LogP) is 2.51. The number of alkyl halides is 1. The van der Waals surface area contributed by atoms with Crippen molar-refractivity contribution in [3.63, 3.8) is 0 Å². The van der Waals surface area contributed by atoms with Gasteiger partial charge >= 0.3 is 0 Å². The van der Waals surface area contributed by atoms with Crippen LogP contribution in [0, 0.1) is 0 Å². The van der Waals surface area contributed by atoms with Gasteiger partial charge in [-0.25, -0.2) is 9.38 Å². The second-order valence-corrected chi connectivity index (χ2v) is 7.74. The minimum atomic E-state index is -1.47. The fourth-order valence-corrected chi connectivity index (χ4v) is 3.78. The zero-order valence-electron chi connectivity index (χ0n) is 16.9. The molecule has 8 nitrogen and oxygen atoms in total. The molecule has 3 aromatic rings. The second kappa shape index (κ2) is 7.19. The Labute approximate surface area is 178 Å². The summed E-state index contributed by atoms with van der Waals surface area (Å²) < 4.78 is 19.4. The number of nitrogens with one attached hydrogen (secondary N) is 1. The average Bonchev–Trinajstić information content (AvgIpc) is 3.36. The molecule has 3 heterocycles. The Morgan fingerprint density at radius 1 is 1.26 bits per heavy atom. The number of aromatic amines is 1. The van der Waals surface area contributed by atoms with Gasteiger partial charge in [-0.3, -0.25) is 19.8 Å². The Kier molecular flexibility index (Phi) is 4.46. The number of guanidine groups is 1. The molecule has 9 heteroatoms. The maximum atomic E-state index is 13.5. The molecule has 1 aliphatic heterocycles. The van der Waals surface area contributed by atoms with Gasteiger partial charge in [0.25, 0.3) is 5.91 Å². The Bertz CT molecular complexity index is 1170. The first kappa shape index (κ1) is 19.2. The number of carbonyl (C=O) groups excluding carboxylic acids is 1. The van der Waals surface area contributed by atoms with Gasteiger partial charge in [0.1, 0.15) is 12.4 Å². The van der Waals surface area contributed by atoms with Gasteiger partial charge in [-0.05, 0) is 60.4 Å². The topological polar surface area (TPSA) is 109 Å². The third-order valence-electron chi connectivity index (χ3n) is 5.56. The standard InChI is InChI=1S/C22H21FN6O2/c1-29-20(30)22(27-21(29)24,14-4-6-25-16(10-14)12-23)15-8-13(19-5-7-26-28-19)9-18(11-15)31-17-2-3-17/h4-11,17H,2-3,12H2,1H3,(H2,24,27)(H,26,28). The summed E-state index contributed by atoms with van der Waals surface area (Å²) in [6.07, 6.45) is 5.34. The van der Waals surface area contributed by atoms with Crippen LogP contribution in [0.1, 0.15) is 29.7 Å². The molecule has 1 unspecified atom stereocenters. The van der Waals surface area contributed by atoms with Gasteiger partial charge in [-0.1, -0.05) is 0 Å². The first-order valence-electron chi connectivity index (χ1n) is 9.98. The SMILES string of the molecule is CN1C(=O)C(c2cc(OC3CC3)cc(-c3cc[nH]n3)c2)(c2ccnc(CF)c2)N=C1N. The molecule has 2 aromatic heterocycles. The van der Waals surface area contributed by atoms with Crippen LogP contribution in [0.3, 0.4) is 0 Å². The van der Waals surface area contributed by atoms with E-state index < -0.39 is 12.2 Å². The number of aliphatic imine (C=N–C) groups is 1. The number of amides is 1. The Morgan fingerprint density at radius 2 is 2.10 bits per heavy atom. The van der Waals surface area contributed by atoms with Crippen molar-refractivity contribution in [2.45, 2.75) is 31.2 Å². The lowest BCUT2D eigenvalue weighted by molar-refractivity contribution is -0.129. The number of likely N-dealkylation sites (N-methyl/N-ethyl adjacent to an activating group) is 1. The highest BCUT2D eigenvalue weighted by Crippen LogP contribution is 2.43. The van der Waals surface area contributed by atoms with Crippen molar-refractivity contribution in [3.05, 3.63) is 65.6 Å². The van der Waals surface area contributed by atoms with Crippen LogP contribution in [-0.4, -0.2) is 45.1 Å². The zero-order valence-corrected chi connectivity index (χ0v) is 16.9.